The average molecular weight is 314 g/mol. The molecule has 9 heteroatoms. The van der Waals surface area contributed by atoms with Crippen LogP contribution in [0.25, 0.3) is 0 Å². The maximum absolute atomic E-state index is 13.2. The number of carbonyl (C=O) groups is 1. The van der Waals surface area contributed by atoms with E-state index in [-0.39, 0.29) is 10.8 Å². The standard InChI is InChI=1S/C12H6ClF2N3O3/c13-11-3-6(1-2-16-11)17-12(19)7-4-8(14)9(15)5-10(7)18(20)21/h1-5H,(H,16,17,19). The molecule has 0 unspecified atom stereocenters. The molecule has 0 saturated carbocycles. The number of nitro benzene ring substituents is 1. The molecule has 2 aromatic rings. The molecule has 2 rings (SSSR count). The van der Waals surface area contributed by atoms with Crippen LogP contribution in [-0.2, 0) is 0 Å². The topological polar surface area (TPSA) is 85.1 Å². The number of hydrogen-bond donors (Lipinski definition) is 1. The van der Waals surface area contributed by atoms with Crippen LogP contribution in [0, 0.1) is 21.7 Å². The number of rotatable bonds is 3. The minimum Gasteiger partial charge on any atom is -0.322 e. The first-order valence-electron chi connectivity index (χ1n) is 5.45. The van der Waals surface area contributed by atoms with E-state index in [0.717, 1.165) is 0 Å². The Morgan fingerprint density at radius 2 is 1.95 bits per heavy atom. The lowest BCUT2D eigenvalue weighted by Gasteiger charge is -2.06. The SMILES string of the molecule is O=C(Nc1ccnc(Cl)c1)c1cc(F)c(F)cc1[N+](=O)[O-]. The van der Waals surface area contributed by atoms with Crippen molar-refractivity contribution in [1.82, 2.24) is 4.98 Å². The molecule has 0 aliphatic carbocycles. The molecule has 1 N–H and O–H groups in total. The van der Waals surface area contributed by atoms with Gasteiger partial charge in [0.15, 0.2) is 11.6 Å². The number of amides is 1. The second-order valence-corrected chi connectivity index (χ2v) is 4.25. The van der Waals surface area contributed by atoms with Gasteiger partial charge < -0.3 is 5.32 Å². The third-order valence-corrected chi connectivity index (χ3v) is 2.67. The van der Waals surface area contributed by atoms with E-state index < -0.39 is 33.7 Å². The fourth-order valence-electron chi connectivity index (χ4n) is 1.55. The van der Waals surface area contributed by atoms with Gasteiger partial charge in [-0.05, 0) is 18.2 Å². The van der Waals surface area contributed by atoms with Crippen molar-refractivity contribution in [3.63, 3.8) is 0 Å². The first-order valence-corrected chi connectivity index (χ1v) is 5.82. The zero-order chi connectivity index (χ0) is 15.6. The van der Waals surface area contributed by atoms with Gasteiger partial charge in [-0.3, -0.25) is 14.9 Å². The fourth-order valence-corrected chi connectivity index (χ4v) is 1.72. The third-order valence-electron chi connectivity index (χ3n) is 2.46. The van der Waals surface area contributed by atoms with Gasteiger partial charge in [-0.2, -0.15) is 0 Å². The van der Waals surface area contributed by atoms with Crippen LogP contribution in [-0.4, -0.2) is 15.8 Å². The Morgan fingerprint density at radius 3 is 2.57 bits per heavy atom. The highest BCUT2D eigenvalue weighted by atomic mass is 35.5. The van der Waals surface area contributed by atoms with Crippen molar-refractivity contribution < 1.29 is 18.5 Å². The molecule has 0 bridgehead atoms. The molecule has 21 heavy (non-hydrogen) atoms. The molecule has 1 aromatic carbocycles. The third kappa shape index (κ3) is 3.29. The molecule has 6 nitrogen and oxygen atoms in total. The van der Waals surface area contributed by atoms with E-state index in [0.29, 0.717) is 12.1 Å². The molecule has 1 amide bonds. The van der Waals surface area contributed by atoms with Crippen LogP contribution >= 0.6 is 11.6 Å². The summed E-state index contributed by atoms with van der Waals surface area (Å²) in [4.78, 5) is 25.5. The van der Waals surface area contributed by atoms with E-state index in [1.165, 1.54) is 18.3 Å². The van der Waals surface area contributed by atoms with E-state index in [2.05, 4.69) is 10.3 Å². The molecule has 1 heterocycles. The van der Waals surface area contributed by atoms with Gasteiger partial charge in [0.25, 0.3) is 11.6 Å². The summed E-state index contributed by atoms with van der Waals surface area (Å²) in [5, 5.41) is 13.2. The first-order chi connectivity index (χ1) is 9.88. The Bertz CT molecular complexity index is 740. The maximum Gasteiger partial charge on any atom is 0.285 e. The van der Waals surface area contributed by atoms with Gasteiger partial charge in [-0.1, -0.05) is 11.6 Å². The molecular weight excluding hydrogens is 308 g/mol. The highest BCUT2D eigenvalue weighted by Gasteiger charge is 2.24. The lowest BCUT2D eigenvalue weighted by atomic mass is 10.1. The average Bonchev–Trinajstić information content (AvgIpc) is 2.41. The minimum absolute atomic E-state index is 0.0904. The number of nitrogens with zero attached hydrogens (tertiary/aromatic N) is 2. The molecule has 0 spiro atoms. The predicted octanol–water partition coefficient (Wildman–Crippen LogP) is 3.17. The van der Waals surface area contributed by atoms with Crippen LogP contribution < -0.4 is 5.32 Å². The molecule has 0 atom stereocenters. The lowest BCUT2D eigenvalue weighted by molar-refractivity contribution is -0.385. The number of hydrogen-bond acceptors (Lipinski definition) is 4. The zero-order valence-corrected chi connectivity index (χ0v) is 10.9. The number of aromatic nitrogens is 1. The van der Waals surface area contributed by atoms with Crippen LogP contribution in [0.3, 0.4) is 0 Å². The van der Waals surface area contributed by atoms with Crippen molar-refractivity contribution in [2.24, 2.45) is 0 Å². The van der Waals surface area contributed by atoms with E-state index in [1.54, 1.807) is 0 Å². The van der Waals surface area contributed by atoms with E-state index in [1.807, 2.05) is 0 Å². The number of anilines is 1. The summed E-state index contributed by atoms with van der Waals surface area (Å²) in [5.41, 5.74) is -1.24. The van der Waals surface area contributed by atoms with Gasteiger partial charge in [-0.15, -0.1) is 0 Å². The van der Waals surface area contributed by atoms with Crippen molar-refractivity contribution in [2.45, 2.75) is 0 Å². The van der Waals surface area contributed by atoms with Crippen molar-refractivity contribution in [1.29, 1.82) is 0 Å². The Kier molecular flexibility index (Phi) is 4.08. The summed E-state index contributed by atoms with van der Waals surface area (Å²) in [6.07, 6.45) is 1.30. The van der Waals surface area contributed by atoms with Gasteiger partial charge in [0, 0.05) is 11.9 Å². The van der Waals surface area contributed by atoms with Crippen LogP contribution in [0.4, 0.5) is 20.2 Å². The highest BCUT2D eigenvalue weighted by molar-refractivity contribution is 6.29. The molecule has 0 aliphatic rings. The summed E-state index contributed by atoms with van der Waals surface area (Å²) >= 11 is 5.62. The Labute approximate surface area is 121 Å². The van der Waals surface area contributed by atoms with Crippen molar-refractivity contribution in [2.75, 3.05) is 5.32 Å². The van der Waals surface area contributed by atoms with Crippen molar-refractivity contribution in [3.05, 3.63) is 62.9 Å². The van der Waals surface area contributed by atoms with Gasteiger partial charge in [0.1, 0.15) is 10.7 Å². The number of benzene rings is 1. The van der Waals surface area contributed by atoms with E-state index in [9.17, 15) is 23.7 Å². The van der Waals surface area contributed by atoms with Gasteiger partial charge in [0.05, 0.1) is 11.0 Å². The number of pyridine rings is 1. The largest absolute Gasteiger partial charge is 0.322 e. The van der Waals surface area contributed by atoms with Gasteiger partial charge >= 0.3 is 0 Å². The monoisotopic (exact) mass is 313 g/mol. The lowest BCUT2D eigenvalue weighted by Crippen LogP contribution is -2.15. The predicted molar refractivity (Wildman–Crippen MR) is 70.2 cm³/mol. The Balaban J connectivity index is 2.39. The summed E-state index contributed by atoms with van der Waals surface area (Å²) < 4.78 is 26.2. The molecule has 0 saturated heterocycles. The second-order valence-electron chi connectivity index (χ2n) is 3.86. The number of nitro groups is 1. The quantitative estimate of drug-likeness (QED) is 0.536. The minimum atomic E-state index is -1.41. The van der Waals surface area contributed by atoms with Gasteiger partial charge in [0.2, 0.25) is 0 Å². The molecule has 0 fully saturated rings. The van der Waals surface area contributed by atoms with Crippen LogP contribution in [0.15, 0.2) is 30.5 Å². The Morgan fingerprint density at radius 1 is 1.29 bits per heavy atom. The smallest absolute Gasteiger partial charge is 0.285 e. The first kappa shape index (κ1) is 14.8. The summed E-state index contributed by atoms with van der Waals surface area (Å²) in [6, 6.07) is 3.50. The normalized spacial score (nSPS) is 10.2. The summed E-state index contributed by atoms with van der Waals surface area (Å²) in [7, 11) is 0. The van der Waals surface area contributed by atoms with E-state index in [4.69, 9.17) is 11.6 Å². The van der Waals surface area contributed by atoms with Crippen LogP contribution in [0.2, 0.25) is 5.15 Å². The Hall–Kier alpha value is -2.61. The highest BCUT2D eigenvalue weighted by Crippen LogP contribution is 2.23. The number of carbonyl (C=O) groups excluding carboxylic acids is 1. The van der Waals surface area contributed by atoms with Crippen LogP contribution in [0.1, 0.15) is 10.4 Å². The van der Waals surface area contributed by atoms with E-state index >= 15 is 0 Å². The number of nitrogens with one attached hydrogen (secondary N) is 1. The summed E-state index contributed by atoms with van der Waals surface area (Å²) in [5.74, 6) is -3.74. The molecule has 1 aromatic heterocycles. The summed E-state index contributed by atoms with van der Waals surface area (Å²) in [6.45, 7) is 0. The van der Waals surface area contributed by atoms with Crippen LogP contribution in [0.5, 0.6) is 0 Å². The molecule has 0 radical (unpaired) electrons. The maximum atomic E-state index is 13.2. The zero-order valence-electron chi connectivity index (χ0n) is 10.1. The van der Waals surface area contributed by atoms with Crippen molar-refractivity contribution in [3.8, 4) is 0 Å². The molecule has 0 aliphatic heterocycles. The van der Waals surface area contributed by atoms with Gasteiger partial charge in [-0.25, -0.2) is 13.8 Å². The number of halogens is 3. The fraction of sp³-hybridized carbons (Fsp3) is 0. The second kappa shape index (κ2) is 5.80. The molecule has 108 valence electrons. The van der Waals surface area contributed by atoms with Crippen molar-refractivity contribution >= 4 is 28.9 Å². The molecular formula is C12H6ClF2N3O3.